The van der Waals surface area contributed by atoms with E-state index >= 15 is 0 Å². The molecule has 0 bridgehead atoms. The van der Waals surface area contributed by atoms with E-state index in [2.05, 4.69) is 4.98 Å². The smallest absolute Gasteiger partial charge is 0.328 e. The van der Waals surface area contributed by atoms with E-state index in [1.54, 1.807) is 6.92 Å². The first kappa shape index (κ1) is 14.7. The predicted octanol–water partition coefficient (Wildman–Crippen LogP) is 1.68. The fourth-order valence-corrected chi connectivity index (χ4v) is 3.87. The first-order valence-corrected chi connectivity index (χ1v) is 7.85. The number of carboxylic acid groups (broad SMARTS) is 1. The highest BCUT2D eigenvalue weighted by Crippen LogP contribution is 2.44. The minimum absolute atomic E-state index is 0.388. The number of carboxylic acids is 1. The van der Waals surface area contributed by atoms with Gasteiger partial charge >= 0.3 is 12.0 Å². The molecule has 4 rings (SSSR count). The molecule has 0 aliphatic carbocycles. The Morgan fingerprint density at radius 1 is 1.33 bits per heavy atom. The molecular formula is C17H17N3O4. The second kappa shape index (κ2) is 4.59. The van der Waals surface area contributed by atoms with Crippen molar-refractivity contribution >= 4 is 28.8 Å². The summed E-state index contributed by atoms with van der Waals surface area (Å²) in [5, 5.41) is 10.3. The number of nitrogens with one attached hydrogen (secondary N) is 1. The van der Waals surface area contributed by atoms with Crippen LogP contribution in [0.2, 0.25) is 0 Å². The molecule has 0 spiro atoms. The molecule has 2 aromatic rings. The number of aromatic amines is 1. The van der Waals surface area contributed by atoms with Gasteiger partial charge in [0.05, 0.1) is 5.69 Å². The Morgan fingerprint density at radius 3 is 2.75 bits per heavy atom. The van der Waals surface area contributed by atoms with Crippen molar-refractivity contribution in [2.45, 2.75) is 31.8 Å². The second-order valence-electron chi connectivity index (χ2n) is 6.47. The van der Waals surface area contributed by atoms with Crippen molar-refractivity contribution < 1.29 is 19.5 Å². The fourth-order valence-electron chi connectivity index (χ4n) is 3.87. The number of urea groups is 1. The average Bonchev–Trinajstić information content (AvgIpc) is 3.02. The Balaban J connectivity index is 1.91. The number of nitrogens with zero attached hydrogens (tertiary/aromatic N) is 2. The molecule has 2 unspecified atom stereocenters. The van der Waals surface area contributed by atoms with Crippen LogP contribution in [0, 0.1) is 0 Å². The van der Waals surface area contributed by atoms with Crippen LogP contribution in [0.1, 0.15) is 25.1 Å². The third kappa shape index (κ3) is 1.59. The Hall–Kier alpha value is -2.83. The van der Waals surface area contributed by atoms with Crippen LogP contribution in [-0.2, 0) is 21.5 Å². The van der Waals surface area contributed by atoms with Gasteiger partial charge in [-0.15, -0.1) is 0 Å². The summed E-state index contributed by atoms with van der Waals surface area (Å²) in [5.74, 6) is -1.69. The van der Waals surface area contributed by atoms with Crippen molar-refractivity contribution in [1.82, 2.24) is 14.8 Å². The van der Waals surface area contributed by atoms with Crippen molar-refractivity contribution in [3.63, 3.8) is 0 Å². The number of aliphatic carboxylic acids is 1. The van der Waals surface area contributed by atoms with E-state index in [0.29, 0.717) is 18.7 Å². The predicted molar refractivity (Wildman–Crippen MR) is 85.4 cm³/mol. The van der Waals surface area contributed by atoms with Crippen LogP contribution < -0.4 is 0 Å². The highest BCUT2D eigenvalue weighted by Gasteiger charge is 2.60. The number of fused-ring (bicyclic) bond motifs is 5. The van der Waals surface area contributed by atoms with Crippen LogP contribution in [0.15, 0.2) is 24.3 Å². The summed E-state index contributed by atoms with van der Waals surface area (Å²) in [6.07, 6.45) is 0.628. The largest absolute Gasteiger partial charge is 0.480 e. The number of hydrogen-bond donors (Lipinski definition) is 2. The Kier molecular flexibility index (Phi) is 2.82. The summed E-state index contributed by atoms with van der Waals surface area (Å²) in [6.45, 7) is 3.43. The van der Waals surface area contributed by atoms with E-state index < -0.39 is 29.5 Å². The number of rotatable bonds is 2. The van der Waals surface area contributed by atoms with E-state index in [1.807, 2.05) is 24.3 Å². The molecule has 0 radical (unpaired) electrons. The molecule has 24 heavy (non-hydrogen) atoms. The first-order chi connectivity index (χ1) is 11.4. The molecule has 2 aliphatic heterocycles. The molecule has 3 heterocycles. The van der Waals surface area contributed by atoms with E-state index in [-0.39, 0.29) is 0 Å². The Morgan fingerprint density at radius 2 is 2.04 bits per heavy atom. The molecular weight excluding hydrogens is 310 g/mol. The number of benzene rings is 1. The minimum Gasteiger partial charge on any atom is -0.480 e. The molecule has 2 atom stereocenters. The van der Waals surface area contributed by atoms with Gasteiger partial charge in [-0.1, -0.05) is 18.2 Å². The van der Waals surface area contributed by atoms with Gasteiger partial charge in [-0.05, 0) is 31.9 Å². The minimum atomic E-state index is -1.20. The van der Waals surface area contributed by atoms with Crippen LogP contribution in [0.3, 0.4) is 0 Å². The molecule has 124 valence electrons. The molecule has 2 aliphatic rings. The third-order valence-electron chi connectivity index (χ3n) is 5.24. The van der Waals surface area contributed by atoms with Crippen LogP contribution in [0.25, 0.3) is 10.9 Å². The van der Waals surface area contributed by atoms with Gasteiger partial charge in [0.1, 0.15) is 6.04 Å². The maximum atomic E-state index is 13.0. The van der Waals surface area contributed by atoms with Gasteiger partial charge in [0.2, 0.25) is 0 Å². The third-order valence-corrected chi connectivity index (χ3v) is 5.24. The SMILES string of the molecule is CC(C(=O)O)N1C(=O)N2CCc3c([nH]c4ccccc34)C2(C)C1=O. The summed E-state index contributed by atoms with van der Waals surface area (Å²) in [5.41, 5.74) is 1.44. The van der Waals surface area contributed by atoms with Crippen molar-refractivity contribution in [3.8, 4) is 0 Å². The second-order valence-corrected chi connectivity index (χ2v) is 6.47. The van der Waals surface area contributed by atoms with Gasteiger partial charge in [-0.2, -0.15) is 0 Å². The molecule has 7 heteroatoms. The lowest BCUT2D eigenvalue weighted by atomic mass is 9.87. The van der Waals surface area contributed by atoms with Crippen molar-refractivity contribution in [2.75, 3.05) is 6.54 Å². The molecule has 3 amide bonds. The number of para-hydroxylation sites is 1. The quantitative estimate of drug-likeness (QED) is 0.821. The highest BCUT2D eigenvalue weighted by molar-refractivity contribution is 6.10. The molecule has 1 fully saturated rings. The summed E-state index contributed by atoms with van der Waals surface area (Å²) >= 11 is 0. The lowest BCUT2D eigenvalue weighted by Crippen LogP contribution is -2.49. The van der Waals surface area contributed by atoms with Crippen LogP contribution in [-0.4, -0.2) is 50.4 Å². The molecule has 2 N–H and O–H groups in total. The maximum absolute atomic E-state index is 13.0. The zero-order chi connectivity index (χ0) is 17.2. The lowest BCUT2D eigenvalue weighted by molar-refractivity contribution is -0.147. The van der Waals surface area contributed by atoms with Crippen molar-refractivity contribution in [1.29, 1.82) is 0 Å². The zero-order valence-corrected chi connectivity index (χ0v) is 13.4. The lowest BCUT2D eigenvalue weighted by Gasteiger charge is -2.36. The topological polar surface area (TPSA) is 93.7 Å². The number of aromatic nitrogens is 1. The van der Waals surface area contributed by atoms with Gasteiger partial charge in [0.25, 0.3) is 5.91 Å². The fraction of sp³-hybridized carbons (Fsp3) is 0.353. The first-order valence-electron chi connectivity index (χ1n) is 7.85. The van der Waals surface area contributed by atoms with E-state index in [4.69, 9.17) is 0 Å². The van der Waals surface area contributed by atoms with Crippen LogP contribution in [0.4, 0.5) is 4.79 Å². The summed E-state index contributed by atoms with van der Waals surface area (Å²) in [6, 6.07) is 6.03. The number of hydrogen-bond acceptors (Lipinski definition) is 3. The maximum Gasteiger partial charge on any atom is 0.328 e. The Labute approximate surface area is 137 Å². The van der Waals surface area contributed by atoms with Gasteiger partial charge in [0, 0.05) is 17.4 Å². The normalized spacial score (nSPS) is 24.2. The van der Waals surface area contributed by atoms with Gasteiger partial charge in [-0.25, -0.2) is 14.5 Å². The number of carbonyl (C=O) groups excluding carboxylic acids is 2. The average molecular weight is 327 g/mol. The number of H-pyrrole nitrogens is 1. The van der Waals surface area contributed by atoms with Crippen molar-refractivity contribution in [3.05, 3.63) is 35.5 Å². The van der Waals surface area contributed by atoms with Gasteiger partial charge < -0.3 is 15.0 Å². The van der Waals surface area contributed by atoms with E-state index in [9.17, 15) is 19.5 Å². The van der Waals surface area contributed by atoms with Crippen LogP contribution >= 0.6 is 0 Å². The van der Waals surface area contributed by atoms with Gasteiger partial charge in [-0.3, -0.25) is 4.79 Å². The monoisotopic (exact) mass is 327 g/mol. The molecule has 1 saturated heterocycles. The molecule has 7 nitrogen and oxygen atoms in total. The molecule has 0 saturated carbocycles. The molecule has 1 aromatic heterocycles. The van der Waals surface area contributed by atoms with Crippen LogP contribution in [0.5, 0.6) is 0 Å². The number of imide groups is 1. The summed E-state index contributed by atoms with van der Waals surface area (Å²) < 4.78 is 0. The zero-order valence-electron chi connectivity index (χ0n) is 13.4. The standard InChI is InChI=1S/C17H17N3O4/c1-9(14(21)22)20-15(23)17(2)13-11(7-8-19(17)16(20)24)10-5-3-4-6-12(10)18-13/h3-6,9,18H,7-8H2,1-2H3,(H,21,22). The highest BCUT2D eigenvalue weighted by atomic mass is 16.4. The summed E-state index contributed by atoms with van der Waals surface area (Å²) in [4.78, 5) is 42.6. The Bertz CT molecular complexity index is 902. The number of carbonyl (C=O) groups is 3. The van der Waals surface area contributed by atoms with Gasteiger partial charge in [0.15, 0.2) is 5.54 Å². The van der Waals surface area contributed by atoms with E-state index in [1.165, 1.54) is 11.8 Å². The van der Waals surface area contributed by atoms with Crippen molar-refractivity contribution in [2.24, 2.45) is 0 Å². The van der Waals surface area contributed by atoms with E-state index in [0.717, 1.165) is 21.4 Å². The summed E-state index contributed by atoms with van der Waals surface area (Å²) in [7, 11) is 0. The number of amides is 3. The molecule has 1 aromatic carbocycles.